The Bertz CT molecular complexity index is 92.7. The Labute approximate surface area is 48.8 Å². The second kappa shape index (κ2) is 1.86. The number of rotatable bonds is 1. The summed E-state index contributed by atoms with van der Waals surface area (Å²) in [6.07, 6.45) is 2.51. The second-order valence-corrected chi connectivity index (χ2v) is 2.13. The molecule has 1 saturated heterocycles. The molecule has 2 nitrogen and oxygen atoms in total. The van der Waals surface area contributed by atoms with E-state index >= 15 is 0 Å². The molecule has 1 unspecified atom stereocenters. The summed E-state index contributed by atoms with van der Waals surface area (Å²) >= 11 is 0. The number of aldehydes is 1. The van der Waals surface area contributed by atoms with Crippen molar-refractivity contribution in [2.24, 2.45) is 0 Å². The van der Waals surface area contributed by atoms with E-state index in [1.807, 2.05) is 0 Å². The third-order valence-corrected chi connectivity index (χ3v) is 1.35. The van der Waals surface area contributed by atoms with Crippen LogP contribution < -0.4 is 0 Å². The molecule has 0 aromatic rings. The predicted molar refractivity (Wildman–Crippen MR) is 29.3 cm³/mol. The first kappa shape index (κ1) is 5.76. The summed E-state index contributed by atoms with van der Waals surface area (Å²) in [7, 11) is 0. The molecule has 2 heteroatoms. The normalized spacial score (nSPS) is 37.6. The predicted octanol–water partition coefficient (Wildman–Crippen LogP) is 0.569. The fraction of sp³-hybridized carbons (Fsp3) is 0.667. The van der Waals surface area contributed by atoms with Crippen molar-refractivity contribution in [2.45, 2.75) is 18.4 Å². The maximum atomic E-state index is 10.1. The Morgan fingerprint density at radius 2 is 2.50 bits per heavy atom. The summed E-state index contributed by atoms with van der Waals surface area (Å²) in [5.74, 6) is 0. The van der Waals surface area contributed by atoms with Crippen molar-refractivity contribution in [1.82, 2.24) is 0 Å². The number of hydrogen-bond donors (Lipinski definition) is 0. The van der Waals surface area contributed by atoms with Crippen LogP contribution in [-0.4, -0.2) is 18.5 Å². The zero-order valence-electron chi connectivity index (χ0n) is 4.72. The van der Waals surface area contributed by atoms with Gasteiger partial charge < -0.3 is 9.53 Å². The fourth-order valence-corrected chi connectivity index (χ4v) is 0.812. The van der Waals surface area contributed by atoms with Gasteiger partial charge in [0.05, 0.1) is 0 Å². The Morgan fingerprint density at radius 3 is 2.75 bits per heavy atom. The molecule has 0 amide bonds. The molecule has 0 N–H and O–H groups in total. The maximum Gasteiger partial charge on any atom is 0.151 e. The van der Waals surface area contributed by atoms with Crippen molar-refractivity contribution < 1.29 is 9.53 Å². The molecule has 1 radical (unpaired) electrons. The lowest BCUT2D eigenvalue weighted by molar-refractivity contribution is -0.121. The summed E-state index contributed by atoms with van der Waals surface area (Å²) in [5.41, 5.74) is -0.694. The van der Waals surface area contributed by atoms with Crippen LogP contribution in [0.15, 0.2) is 0 Å². The summed E-state index contributed by atoms with van der Waals surface area (Å²) < 4.78 is 5.01. The van der Waals surface area contributed by atoms with E-state index in [0.29, 0.717) is 6.61 Å². The fourth-order valence-electron chi connectivity index (χ4n) is 0.812. The molecule has 1 aliphatic heterocycles. The average molecular weight is 113 g/mol. The van der Waals surface area contributed by atoms with E-state index in [-0.39, 0.29) is 0 Å². The molecule has 1 rings (SSSR count). The van der Waals surface area contributed by atoms with Gasteiger partial charge in [-0.2, -0.15) is 0 Å². The van der Waals surface area contributed by atoms with Gasteiger partial charge in [-0.05, 0) is 19.8 Å². The quantitative estimate of drug-likeness (QED) is 0.465. The van der Waals surface area contributed by atoms with Gasteiger partial charge in [-0.3, -0.25) is 0 Å². The molecular formula is C6H9O2. The third kappa shape index (κ3) is 0.892. The Balaban J connectivity index is 2.52. The highest BCUT2D eigenvalue weighted by Gasteiger charge is 2.28. The van der Waals surface area contributed by atoms with E-state index in [4.69, 9.17) is 4.74 Å². The molecule has 1 aliphatic rings. The number of carbonyl (C=O) groups excluding carboxylic acids is 1. The van der Waals surface area contributed by atoms with Crippen LogP contribution in [0.1, 0.15) is 12.8 Å². The lowest BCUT2D eigenvalue weighted by Crippen LogP contribution is -2.24. The third-order valence-electron chi connectivity index (χ3n) is 1.35. The molecule has 8 heavy (non-hydrogen) atoms. The van der Waals surface area contributed by atoms with Crippen LogP contribution in [0.5, 0.6) is 0 Å². The Kier molecular flexibility index (Phi) is 1.34. The average Bonchev–Trinajstić information content (AvgIpc) is 2.17. The summed E-state index contributed by atoms with van der Waals surface area (Å²) in [6, 6.07) is 0. The lowest BCUT2D eigenvalue weighted by atomic mass is 10.1. The van der Waals surface area contributed by atoms with Crippen LogP contribution in [0.25, 0.3) is 0 Å². The van der Waals surface area contributed by atoms with Crippen LogP contribution in [0.2, 0.25) is 0 Å². The Hall–Kier alpha value is -0.370. The van der Waals surface area contributed by atoms with E-state index < -0.39 is 5.60 Å². The van der Waals surface area contributed by atoms with Gasteiger partial charge in [0.1, 0.15) is 5.60 Å². The zero-order valence-corrected chi connectivity index (χ0v) is 4.72. The largest absolute Gasteiger partial charge is 0.368 e. The first-order valence-electron chi connectivity index (χ1n) is 2.72. The Morgan fingerprint density at radius 1 is 1.75 bits per heavy atom. The van der Waals surface area contributed by atoms with Gasteiger partial charge in [0.15, 0.2) is 6.29 Å². The first-order valence-corrected chi connectivity index (χ1v) is 2.72. The lowest BCUT2D eigenvalue weighted by Gasteiger charge is -2.12. The molecule has 0 bridgehead atoms. The van der Waals surface area contributed by atoms with Gasteiger partial charge in [0.2, 0.25) is 0 Å². The van der Waals surface area contributed by atoms with Crippen molar-refractivity contribution in [3.05, 3.63) is 6.92 Å². The topological polar surface area (TPSA) is 26.3 Å². The van der Waals surface area contributed by atoms with Crippen molar-refractivity contribution >= 4 is 6.29 Å². The molecule has 0 aromatic heterocycles. The van der Waals surface area contributed by atoms with E-state index in [0.717, 1.165) is 19.1 Å². The summed E-state index contributed by atoms with van der Waals surface area (Å²) in [6.45, 7) is 4.28. The van der Waals surface area contributed by atoms with E-state index in [1.54, 1.807) is 0 Å². The van der Waals surface area contributed by atoms with E-state index in [2.05, 4.69) is 6.92 Å². The molecule has 0 aliphatic carbocycles. The van der Waals surface area contributed by atoms with Crippen LogP contribution in [-0.2, 0) is 9.53 Å². The van der Waals surface area contributed by atoms with Crippen molar-refractivity contribution in [3.8, 4) is 0 Å². The van der Waals surface area contributed by atoms with Crippen molar-refractivity contribution in [3.63, 3.8) is 0 Å². The molecule has 45 valence electrons. The molecule has 0 saturated carbocycles. The molecule has 0 spiro atoms. The van der Waals surface area contributed by atoms with E-state index in [1.165, 1.54) is 0 Å². The number of carbonyl (C=O) groups is 1. The number of ether oxygens (including phenoxy) is 1. The zero-order chi connectivity index (χ0) is 6.04. The highest BCUT2D eigenvalue weighted by Crippen LogP contribution is 2.21. The molecule has 1 heterocycles. The van der Waals surface area contributed by atoms with Gasteiger partial charge in [-0.1, -0.05) is 0 Å². The van der Waals surface area contributed by atoms with Gasteiger partial charge >= 0.3 is 0 Å². The van der Waals surface area contributed by atoms with Crippen molar-refractivity contribution in [1.29, 1.82) is 0 Å². The van der Waals surface area contributed by atoms with Crippen LogP contribution in [0.3, 0.4) is 0 Å². The first-order chi connectivity index (χ1) is 3.77. The number of hydrogen-bond acceptors (Lipinski definition) is 2. The molecular weight excluding hydrogens is 104 g/mol. The molecule has 1 fully saturated rings. The SMILES string of the molecule is [CH2]C1(C=O)CCCO1. The summed E-state index contributed by atoms with van der Waals surface area (Å²) in [4.78, 5) is 10.1. The van der Waals surface area contributed by atoms with Gasteiger partial charge in [0.25, 0.3) is 0 Å². The standard InChI is InChI=1S/C6H9O2/c1-6(5-7)3-2-4-8-6/h5H,1-4H2. The van der Waals surface area contributed by atoms with E-state index in [9.17, 15) is 4.79 Å². The molecule has 0 aromatic carbocycles. The molecule has 1 atom stereocenters. The van der Waals surface area contributed by atoms with Crippen molar-refractivity contribution in [2.75, 3.05) is 6.61 Å². The van der Waals surface area contributed by atoms with Gasteiger partial charge in [0, 0.05) is 6.61 Å². The van der Waals surface area contributed by atoms with Gasteiger partial charge in [-0.25, -0.2) is 0 Å². The van der Waals surface area contributed by atoms with Gasteiger partial charge in [-0.15, -0.1) is 0 Å². The minimum atomic E-state index is -0.694. The van der Waals surface area contributed by atoms with Crippen LogP contribution >= 0.6 is 0 Å². The highest BCUT2D eigenvalue weighted by atomic mass is 16.5. The highest BCUT2D eigenvalue weighted by molar-refractivity contribution is 5.63. The maximum absolute atomic E-state index is 10.1. The van der Waals surface area contributed by atoms with Crippen LogP contribution in [0, 0.1) is 6.92 Å². The smallest absolute Gasteiger partial charge is 0.151 e. The minimum Gasteiger partial charge on any atom is -0.368 e. The second-order valence-electron chi connectivity index (χ2n) is 2.13. The summed E-state index contributed by atoms with van der Waals surface area (Å²) in [5, 5.41) is 0. The monoisotopic (exact) mass is 113 g/mol. The van der Waals surface area contributed by atoms with Crippen LogP contribution in [0.4, 0.5) is 0 Å². The minimum absolute atomic E-state index is 0.683.